The van der Waals surface area contributed by atoms with Gasteiger partial charge in [0.05, 0.1) is 18.0 Å². The van der Waals surface area contributed by atoms with E-state index in [0.717, 1.165) is 29.9 Å². The molecule has 1 N–H and O–H groups in total. The number of likely N-dealkylation sites (tertiary alicyclic amines) is 1. The highest BCUT2D eigenvalue weighted by Gasteiger charge is 2.27. The molecule has 1 saturated heterocycles. The van der Waals surface area contributed by atoms with Gasteiger partial charge in [-0.1, -0.05) is 56.6 Å². The summed E-state index contributed by atoms with van der Waals surface area (Å²) in [5.41, 5.74) is 1.47. The quantitative estimate of drug-likeness (QED) is 0.616. The van der Waals surface area contributed by atoms with Crippen LogP contribution in [-0.2, 0) is 4.79 Å². The number of hydrogen-bond acceptors (Lipinski definition) is 3. The Hall–Kier alpha value is -2.86. The molecular formula is C25H31ClN4O2. The van der Waals surface area contributed by atoms with Gasteiger partial charge in [-0.25, -0.2) is 4.98 Å². The normalized spacial score (nSPS) is 16.2. The van der Waals surface area contributed by atoms with Crippen LogP contribution in [0.2, 0.25) is 5.02 Å². The van der Waals surface area contributed by atoms with Crippen LogP contribution in [0.5, 0.6) is 0 Å². The van der Waals surface area contributed by atoms with E-state index in [4.69, 9.17) is 11.6 Å². The molecule has 0 spiro atoms. The van der Waals surface area contributed by atoms with Crippen LogP contribution in [0, 0.1) is 5.41 Å². The Morgan fingerprint density at radius 1 is 1.12 bits per heavy atom. The molecule has 1 aliphatic heterocycles. The van der Waals surface area contributed by atoms with Crippen LogP contribution in [0.4, 0.5) is 0 Å². The number of hydrogen-bond donors (Lipinski definition) is 1. The summed E-state index contributed by atoms with van der Waals surface area (Å²) in [6.07, 6.45) is 5.70. The molecule has 2 aromatic heterocycles. The van der Waals surface area contributed by atoms with Crippen LogP contribution >= 0.6 is 11.6 Å². The predicted molar refractivity (Wildman–Crippen MR) is 128 cm³/mol. The Bertz CT molecular complexity index is 1040. The molecule has 4 rings (SSSR count). The van der Waals surface area contributed by atoms with Crippen molar-refractivity contribution in [1.29, 1.82) is 0 Å². The number of rotatable bonds is 3. The number of carbonyl (C=O) groups excluding carboxylic acids is 2. The summed E-state index contributed by atoms with van der Waals surface area (Å²) >= 11 is 5.54. The number of nitrogens with one attached hydrogen (secondary N) is 1. The van der Waals surface area contributed by atoms with Crippen LogP contribution in [-0.4, -0.2) is 45.2 Å². The van der Waals surface area contributed by atoms with Crippen LogP contribution < -0.4 is 5.32 Å². The summed E-state index contributed by atoms with van der Waals surface area (Å²) in [6.45, 7) is 7.43. The minimum absolute atomic E-state index is 0.0154. The lowest BCUT2D eigenvalue weighted by molar-refractivity contribution is -0.123. The maximum Gasteiger partial charge on any atom is 0.270 e. The lowest BCUT2D eigenvalue weighted by atomic mass is 9.91. The molecule has 0 bridgehead atoms. The summed E-state index contributed by atoms with van der Waals surface area (Å²) in [5.74, 6) is 0.0434. The van der Waals surface area contributed by atoms with Crippen molar-refractivity contribution in [3.05, 3.63) is 71.8 Å². The minimum Gasteiger partial charge on any atom is -0.352 e. The largest absolute Gasteiger partial charge is 0.352 e. The highest BCUT2D eigenvalue weighted by Crippen LogP contribution is 2.19. The van der Waals surface area contributed by atoms with Gasteiger partial charge >= 0.3 is 0 Å². The van der Waals surface area contributed by atoms with E-state index in [2.05, 4.69) is 31.1 Å². The molecule has 2 amide bonds. The van der Waals surface area contributed by atoms with Crippen molar-refractivity contribution in [3.8, 4) is 0 Å². The number of halogens is 1. The Labute approximate surface area is 194 Å². The van der Waals surface area contributed by atoms with Crippen molar-refractivity contribution in [1.82, 2.24) is 19.6 Å². The van der Waals surface area contributed by atoms with Crippen molar-refractivity contribution in [2.75, 3.05) is 13.1 Å². The van der Waals surface area contributed by atoms with E-state index >= 15 is 0 Å². The third-order valence-electron chi connectivity index (χ3n) is 5.16. The topological polar surface area (TPSA) is 66.7 Å². The van der Waals surface area contributed by atoms with Crippen molar-refractivity contribution in [2.24, 2.45) is 5.41 Å². The first-order chi connectivity index (χ1) is 15.2. The van der Waals surface area contributed by atoms with Crippen molar-refractivity contribution < 1.29 is 9.59 Å². The lowest BCUT2D eigenvalue weighted by Crippen LogP contribution is -2.50. The minimum atomic E-state index is -0.0364. The summed E-state index contributed by atoms with van der Waals surface area (Å²) in [7, 11) is 0. The molecule has 3 aromatic rings. The van der Waals surface area contributed by atoms with Gasteiger partial charge < -0.3 is 10.2 Å². The van der Waals surface area contributed by atoms with Crippen LogP contribution in [0.3, 0.4) is 0 Å². The molecule has 3 heterocycles. The molecule has 0 aliphatic carbocycles. The zero-order chi connectivity index (χ0) is 23.1. The average Bonchev–Trinajstić information content (AvgIpc) is 3.22. The van der Waals surface area contributed by atoms with Crippen molar-refractivity contribution in [2.45, 2.75) is 46.1 Å². The molecule has 6 nitrogen and oxygen atoms in total. The van der Waals surface area contributed by atoms with Gasteiger partial charge in [0.15, 0.2) is 0 Å². The van der Waals surface area contributed by atoms with Crippen LogP contribution in [0.15, 0.2) is 61.1 Å². The molecule has 1 fully saturated rings. The van der Waals surface area contributed by atoms with Gasteiger partial charge in [-0.3, -0.25) is 14.0 Å². The molecule has 0 saturated carbocycles. The number of carbonyl (C=O) groups is 2. The SMILES string of the molecule is CC(C)(C)CC(=O)NC1CCCN(C(=O)c2cccc3cncn23)C1.Clc1ccccc1. The monoisotopic (exact) mass is 454 g/mol. The highest BCUT2D eigenvalue weighted by molar-refractivity contribution is 6.30. The second-order valence-electron chi connectivity index (χ2n) is 9.29. The zero-order valence-electron chi connectivity index (χ0n) is 18.9. The standard InChI is InChI=1S/C19H26N4O2.C6H5Cl/c1-19(2,3)10-17(24)21-14-6-5-9-22(12-14)18(25)16-8-4-7-15-11-20-13-23(15)16;7-6-4-2-1-3-5-6/h4,7-8,11,13-14H,5-6,9-10,12H2,1-3H3,(H,21,24);1-5H. The summed E-state index contributed by atoms with van der Waals surface area (Å²) in [5, 5.41) is 3.89. The number of imidazole rings is 1. The molecule has 170 valence electrons. The van der Waals surface area contributed by atoms with E-state index in [9.17, 15) is 9.59 Å². The number of benzene rings is 1. The van der Waals surface area contributed by atoms with Crippen molar-refractivity contribution >= 4 is 28.9 Å². The summed E-state index contributed by atoms with van der Waals surface area (Å²) in [4.78, 5) is 31.1. The number of amides is 2. The molecular weight excluding hydrogens is 424 g/mol. The van der Waals surface area contributed by atoms with Gasteiger partial charge in [0.25, 0.3) is 5.91 Å². The number of fused-ring (bicyclic) bond motifs is 1. The fourth-order valence-electron chi connectivity index (χ4n) is 3.74. The van der Waals surface area contributed by atoms with E-state index in [1.165, 1.54) is 0 Å². The number of pyridine rings is 1. The lowest BCUT2D eigenvalue weighted by Gasteiger charge is -2.33. The average molecular weight is 455 g/mol. The van der Waals surface area contributed by atoms with E-state index in [0.29, 0.717) is 18.7 Å². The third-order valence-corrected chi connectivity index (χ3v) is 5.42. The maximum atomic E-state index is 12.9. The van der Waals surface area contributed by atoms with E-state index in [-0.39, 0.29) is 23.3 Å². The van der Waals surface area contributed by atoms with Gasteiger partial charge in [0.1, 0.15) is 5.69 Å². The Balaban J connectivity index is 0.000000352. The summed E-state index contributed by atoms with van der Waals surface area (Å²) < 4.78 is 1.81. The van der Waals surface area contributed by atoms with Gasteiger partial charge in [0.2, 0.25) is 5.91 Å². The van der Waals surface area contributed by atoms with Gasteiger partial charge in [-0.05, 0) is 42.5 Å². The Morgan fingerprint density at radius 2 is 1.88 bits per heavy atom. The first-order valence-electron chi connectivity index (χ1n) is 10.9. The zero-order valence-corrected chi connectivity index (χ0v) is 19.7. The predicted octanol–water partition coefficient (Wildman–Crippen LogP) is 4.83. The second kappa shape index (κ2) is 10.6. The van der Waals surface area contributed by atoms with Gasteiger partial charge in [-0.15, -0.1) is 0 Å². The second-order valence-corrected chi connectivity index (χ2v) is 9.73. The van der Waals surface area contributed by atoms with Crippen LogP contribution in [0.1, 0.15) is 50.5 Å². The molecule has 1 unspecified atom stereocenters. The summed E-state index contributed by atoms with van der Waals surface area (Å²) in [6, 6.07) is 15.1. The molecule has 1 aliphatic rings. The fraction of sp³-hybridized carbons (Fsp3) is 0.400. The number of aromatic nitrogens is 2. The van der Waals surface area contributed by atoms with Crippen molar-refractivity contribution in [3.63, 3.8) is 0 Å². The fourth-order valence-corrected chi connectivity index (χ4v) is 3.88. The smallest absolute Gasteiger partial charge is 0.270 e. The molecule has 1 atom stereocenters. The van der Waals surface area contributed by atoms with Gasteiger partial charge in [0, 0.05) is 30.6 Å². The molecule has 7 heteroatoms. The van der Waals surface area contributed by atoms with Crippen LogP contribution in [0.25, 0.3) is 5.52 Å². The Kier molecular flexibility index (Phi) is 7.91. The van der Waals surface area contributed by atoms with E-state index in [1.54, 1.807) is 12.5 Å². The third kappa shape index (κ3) is 6.82. The van der Waals surface area contributed by atoms with Gasteiger partial charge in [-0.2, -0.15) is 0 Å². The molecule has 32 heavy (non-hydrogen) atoms. The maximum absolute atomic E-state index is 12.9. The molecule has 0 radical (unpaired) electrons. The first kappa shape index (κ1) is 23.8. The molecule has 1 aromatic carbocycles. The highest BCUT2D eigenvalue weighted by atomic mass is 35.5. The first-order valence-corrected chi connectivity index (χ1v) is 11.3. The number of piperidine rings is 1. The van der Waals surface area contributed by atoms with E-state index < -0.39 is 0 Å². The number of nitrogens with zero attached hydrogens (tertiary/aromatic N) is 3. The van der Waals surface area contributed by atoms with E-state index in [1.807, 2.05) is 57.8 Å². The Morgan fingerprint density at radius 3 is 2.53 bits per heavy atom.